The number of para-hydroxylation sites is 2. The molecule has 0 aliphatic carbocycles. The van der Waals surface area contributed by atoms with Crippen LogP contribution >= 0.6 is 0 Å². The average molecular weight is 498 g/mol. The fourth-order valence-electron chi connectivity index (χ4n) is 4.24. The van der Waals surface area contributed by atoms with Crippen LogP contribution in [0.25, 0.3) is 11.3 Å². The molecule has 0 spiro atoms. The van der Waals surface area contributed by atoms with Crippen LogP contribution in [0.5, 0.6) is 0 Å². The molecule has 4 aromatic rings. The Hall–Kier alpha value is -4.79. The zero-order chi connectivity index (χ0) is 25.8. The number of anilines is 3. The molecule has 0 atom stereocenters. The van der Waals surface area contributed by atoms with E-state index in [9.17, 15) is 18.8 Å². The Labute approximate surface area is 212 Å². The van der Waals surface area contributed by atoms with Crippen molar-refractivity contribution in [1.29, 1.82) is 0 Å². The number of fused-ring (bicyclic) bond motifs is 1. The van der Waals surface area contributed by atoms with Gasteiger partial charge in [0.1, 0.15) is 23.9 Å². The molecule has 9 heteroatoms. The molecular formula is C28H24FN5O3. The highest BCUT2D eigenvalue weighted by molar-refractivity contribution is 6.10. The largest absolute Gasteiger partial charge is 0.323 e. The lowest BCUT2D eigenvalue weighted by Crippen LogP contribution is -2.42. The fraction of sp³-hybridized carbons (Fsp3) is 0.143. The van der Waals surface area contributed by atoms with E-state index in [2.05, 4.69) is 15.6 Å². The smallest absolute Gasteiger partial charge is 0.244 e. The third-order valence-corrected chi connectivity index (χ3v) is 6.05. The predicted molar refractivity (Wildman–Crippen MR) is 138 cm³/mol. The molecule has 5 rings (SSSR count). The molecule has 0 radical (unpaired) electrons. The normalized spacial score (nSPS) is 12.6. The third kappa shape index (κ3) is 5.40. The zero-order valence-electron chi connectivity index (χ0n) is 19.9. The van der Waals surface area contributed by atoms with Gasteiger partial charge in [-0.05, 0) is 42.0 Å². The first-order valence-corrected chi connectivity index (χ1v) is 11.8. The number of benzene rings is 3. The number of nitrogens with zero attached hydrogens (tertiary/aromatic N) is 3. The standard InChI is InChI=1S/C28H24FN5O3/c29-21-12-10-20(11-13-21)27-28(33(18-30-27)16-19-6-2-1-3-7-19)32-24(35)14-15-26(37)34-17-25(36)31-22-8-4-5-9-23(22)34/h1-13,18H,14-17H2,(H,31,36)(H,32,35). The van der Waals surface area contributed by atoms with E-state index in [-0.39, 0.29) is 42.9 Å². The van der Waals surface area contributed by atoms with Crippen molar-refractivity contribution < 1.29 is 18.8 Å². The van der Waals surface area contributed by atoms with Gasteiger partial charge < -0.3 is 20.1 Å². The van der Waals surface area contributed by atoms with Gasteiger partial charge in [-0.25, -0.2) is 9.37 Å². The van der Waals surface area contributed by atoms with Crippen LogP contribution in [-0.2, 0) is 20.9 Å². The number of aromatic nitrogens is 2. The Kier molecular flexibility index (Phi) is 6.76. The summed E-state index contributed by atoms with van der Waals surface area (Å²) in [5.41, 5.74) is 3.32. The van der Waals surface area contributed by atoms with Gasteiger partial charge in [0.25, 0.3) is 0 Å². The lowest BCUT2D eigenvalue weighted by Gasteiger charge is -2.29. The Morgan fingerprint density at radius 3 is 2.46 bits per heavy atom. The van der Waals surface area contributed by atoms with Crippen LogP contribution < -0.4 is 15.5 Å². The van der Waals surface area contributed by atoms with Crippen LogP contribution in [0, 0.1) is 5.82 Å². The van der Waals surface area contributed by atoms with Gasteiger partial charge in [0.05, 0.1) is 24.2 Å². The number of nitrogens with one attached hydrogen (secondary N) is 2. The summed E-state index contributed by atoms with van der Waals surface area (Å²) in [5, 5.41) is 5.64. The van der Waals surface area contributed by atoms with Crippen LogP contribution in [0.1, 0.15) is 18.4 Å². The second-order valence-electron chi connectivity index (χ2n) is 8.66. The summed E-state index contributed by atoms with van der Waals surface area (Å²) in [6.45, 7) is 0.360. The first-order valence-electron chi connectivity index (χ1n) is 11.8. The van der Waals surface area contributed by atoms with Gasteiger partial charge in [-0.1, -0.05) is 42.5 Å². The first-order chi connectivity index (χ1) is 18.0. The van der Waals surface area contributed by atoms with Crippen molar-refractivity contribution >= 4 is 34.9 Å². The van der Waals surface area contributed by atoms with Crippen molar-refractivity contribution in [2.24, 2.45) is 0 Å². The zero-order valence-corrected chi connectivity index (χ0v) is 19.9. The highest BCUT2D eigenvalue weighted by atomic mass is 19.1. The monoisotopic (exact) mass is 497 g/mol. The number of hydrogen-bond donors (Lipinski definition) is 2. The average Bonchev–Trinajstić information content (AvgIpc) is 3.29. The van der Waals surface area contributed by atoms with Crippen molar-refractivity contribution in [1.82, 2.24) is 9.55 Å². The number of rotatable bonds is 7. The molecule has 1 aliphatic rings. The topological polar surface area (TPSA) is 96.3 Å². The van der Waals surface area contributed by atoms with Gasteiger partial charge in [-0.3, -0.25) is 14.4 Å². The predicted octanol–water partition coefficient (Wildman–Crippen LogP) is 4.44. The molecule has 2 heterocycles. The molecule has 0 unspecified atom stereocenters. The molecule has 1 aromatic heterocycles. The molecule has 186 valence electrons. The van der Waals surface area contributed by atoms with Gasteiger partial charge in [0.2, 0.25) is 17.7 Å². The molecule has 1 aliphatic heterocycles. The number of carbonyl (C=O) groups is 3. The summed E-state index contributed by atoms with van der Waals surface area (Å²) in [6, 6.07) is 22.6. The quantitative estimate of drug-likeness (QED) is 0.395. The van der Waals surface area contributed by atoms with Crippen molar-refractivity contribution in [3.63, 3.8) is 0 Å². The van der Waals surface area contributed by atoms with E-state index in [0.717, 1.165) is 5.56 Å². The van der Waals surface area contributed by atoms with Gasteiger partial charge in [-0.2, -0.15) is 0 Å². The summed E-state index contributed by atoms with van der Waals surface area (Å²) in [4.78, 5) is 43.9. The number of carbonyl (C=O) groups excluding carboxylic acids is 3. The first kappa shape index (κ1) is 23.9. The van der Waals surface area contributed by atoms with Crippen LogP contribution in [0.3, 0.4) is 0 Å². The summed E-state index contributed by atoms with van der Waals surface area (Å²) in [7, 11) is 0. The maximum atomic E-state index is 13.5. The molecule has 0 fully saturated rings. The van der Waals surface area contributed by atoms with Crippen LogP contribution in [-0.4, -0.2) is 33.8 Å². The van der Waals surface area contributed by atoms with Crippen molar-refractivity contribution in [2.45, 2.75) is 19.4 Å². The Morgan fingerprint density at radius 1 is 0.946 bits per heavy atom. The van der Waals surface area contributed by atoms with E-state index in [1.165, 1.54) is 17.0 Å². The highest BCUT2D eigenvalue weighted by Crippen LogP contribution is 2.30. The number of imidazole rings is 1. The molecule has 37 heavy (non-hydrogen) atoms. The minimum atomic E-state index is -0.374. The van der Waals surface area contributed by atoms with Gasteiger partial charge >= 0.3 is 0 Å². The SMILES string of the molecule is O=C1CN(C(=O)CCC(=O)Nc2c(-c3ccc(F)cc3)ncn2Cc2ccccc2)c2ccccc2N1. The second kappa shape index (κ2) is 10.4. The minimum Gasteiger partial charge on any atom is -0.323 e. The van der Waals surface area contributed by atoms with Crippen LogP contribution in [0.15, 0.2) is 85.2 Å². The highest BCUT2D eigenvalue weighted by Gasteiger charge is 2.27. The lowest BCUT2D eigenvalue weighted by molar-refractivity contribution is -0.124. The number of halogens is 1. The third-order valence-electron chi connectivity index (χ3n) is 6.05. The molecule has 0 saturated carbocycles. The van der Waals surface area contributed by atoms with Gasteiger partial charge in [0.15, 0.2) is 0 Å². The molecule has 3 aromatic carbocycles. The summed E-state index contributed by atoms with van der Waals surface area (Å²) in [5.74, 6) is -0.902. The van der Waals surface area contributed by atoms with Gasteiger partial charge in [0, 0.05) is 18.4 Å². The molecule has 3 amide bonds. The Bertz CT molecular complexity index is 1450. The molecule has 2 N–H and O–H groups in total. The van der Waals surface area contributed by atoms with E-state index in [0.29, 0.717) is 35.0 Å². The maximum absolute atomic E-state index is 13.5. The van der Waals surface area contributed by atoms with Crippen LogP contribution in [0.2, 0.25) is 0 Å². The summed E-state index contributed by atoms with van der Waals surface area (Å²) >= 11 is 0. The van der Waals surface area contributed by atoms with Crippen molar-refractivity contribution in [2.75, 3.05) is 22.1 Å². The van der Waals surface area contributed by atoms with E-state index in [1.54, 1.807) is 47.3 Å². The molecule has 0 bridgehead atoms. The van der Waals surface area contributed by atoms with Crippen molar-refractivity contribution in [3.8, 4) is 11.3 Å². The molecular weight excluding hydrogens is 473 g/mol. The lowest BCUT2D eigenvalue weighted by atomic mass is 10.1. The number of hydrogen-bond acceptors (Lipinski definition) is 4. The summed E-state index contributed by atoms with van der Waals surface area (Å²) in [6.07, 6.45) is 1.46. The minimum absolute atomic E-state index is 0.0772. The maximum Gasteiger partial charge on any atom is 0.244 e. The van der Waals surface area contributed by atoms with E-state index >= 15 is 0 Å². The van der Waals surface area contributed by atoms with Crippen molar-refractivity contribution in [3.05, 3.63) is 96.6 Å². The number of amides is 3. The summed E-state index contributed by atoms with van der Waals surface area (Å²) < 4.78 is 15.3. The van der Waals surface area contributed by atoms with E-state index in [4.69, 9.17) is 0 Å². The Morgan fingerprint density at radius 2 is 1.68 bits per heavy atom. The Balaban J connectivity index is 1.33. The molecule has 0 saturated heterocycles. The second-order valence-corrected chi connectivity index (χ2v) is 8.66. The van der Waals surface area contributed by atoms with Crippen LogP contribution in [0.4, 0.5) is 21.6 Å². The van der Waals surface area contributed by atoms with E-state index < -0.39 is 0 Å². The fourth-order valence-corrected chi connectivity index (χ4v) is 4.24. The van der Waals surface area contributed by atoms with E-state index in [1.807, 2.05) is 30.3 Å². The van der Waals surface area contributed by atoms with Gasteiger partial charge in [-0.15, -0.1) is 0 Å². The molecule has 8 nitrogen and oxygen atoms in total.